The number of halogens is 3. The molecule has 0 spiro atoms. The van der Waals surface area contributed by atoms with E-state index in [1.807, 2.05) is 0 Å². The molecule has 0 radical (unpaired) electrons. The van der Waals surface area contributed by atoms with Gasteiger partial charge in [0.1, 0.15) is 34.6 Å². The van der Waals surface area contributed by atoms with Crippen LogP contribution >= 0.6 is 11.6 Å². The molecule has 0 amide bonds. The molecule has 0 unspecified atom stereocenters. The van der Waals surface area contributed by atoms with Crippen LogP contribution in [0.3, 0.4) is 0 Å². The second-order valence-corrected chi connectivity index (χ2v) is 18.2. The summed E-state index contributed by atoms with van der Waals surface area (Å²) < 4.78 is 96.3. The molecule has 0 aliphatic carbocycles. The molecule has 0 heterocycles. The summed E-state index contributed by atoms with van der Waals surface area (Å²) in [5.74, 6) is -2.14. The molecule has 0 saturated carbocycles. The summed E-state index contributed by atoms with van der Waals surface area (Å²) in [4.78, 5) is 26.7. The van der Waals surface area contributed by atoms with Crippen molar-refractivity contribution in [2.45, 2.75) is 56.7 Å². The summed E-state index contributed by atoms with van der Waals surface area (Å²) in [6.45, 7) is 6.61. The van der Waals surface area contributed by atoms with Gasteiger partial charge in [-0.3, -0.25) is 9.59 Å². The van der Waals surface area contributed by atoms with Gasteiger partial charge >= 0.3 is 11.9 Å². The molecule has 6 aromatic carbocycles. The first-order valence-electron chi connectivity index (χ1n) is 17.9. The smallest absolute Gasteiger partial charge is 0.317 e. The molecule has 14 heteroatoms. The van der Waals surface area contributed by atoms with E-state index in [0.29, 0.717) is 50.2 Å². The van der Waals surface area contributed by atoms with Gasteiger partial charge in [0.15, 0.2) is 19.7 Å². The topological polar surface area (TPSA) is 130 Å². The third-order valence-electron chi connectivity index (χ3n) is 9.45. The quantitative estimate of drug-likeness (QED) is 0.0825. The van der Waals surface area contributed by atoms with E-state index in [0.717, 1.165) is 0 Å². The number of fused-ring (bicyclic) bond motifs is 2. The van der Waals surface area contributed by atoms with Gasteiger partial charge in [-0.1, -0.05) is 49.7 Å². The van der Waals surface area contributed by atoms with Crippen molar-refractivity contribution in [1.29, 1.82) is 0 Å². The Bertz CT molecular complexity index is 2790. The number of sulfone groups is 2. The zero-order valence-electron chi connectivity index (χ0n) is 31.3. The zero-order valence-corrected chi connectivity index (χ0v) is 33.7. The summed E-state index contributed by atoms with van der Waals surface area (Å²) in [5, 5.41) is 1.84. The second kappa shape index (κ2) is 16.6. The van der Waals surface area contributed by atoms with Crippen LogP contribution in [0.2, 0.25) is 5.02 Å². The van der Waals surface area contributed by atoms with Gasteiger partial charge in [-0.25, -0.2) is 25.6 Å². The van der Waals surface area contributed by atoms with E-state index in [9.17, 15) is 35.2 Å². The van der Waals surface area contributed by atoms with Crippen molar-refractivity contribution in [3.05, 3.63) is 130 Å². The first-order valence-corrected chi connectivity index (χ1v) is 21.6. The SMILES string of the molecule is CCCS(=O)(=O)c1ccc(Oc2c(C)c(CC(=O)OC(=O)Cc3cc4ccc(F)cc4c(Oc4ccc(S(=O)(=O)CC)cc4Cl)c3C)cc3ccc(F)cc23)cc1. The fourth-order valence-electron chi connectivity index (χ4n) is 6.38. The monoisotopic (exact) mass is 834 g/mol. The van der Waals surface area contributed by atoms with E-state index in [1.165, 1.54) is 85.8 Å². The molecular formula is C43H37ClF2O9S2. The van der Waals surface area contributed by atoms with Gasteiger partial charge in [0.2, 0.25) is 0 Å². The molecule has 0 aliphatic rings. The van der Waals surface area contributed by atoms with Crippen LogP contribution in [0.4, 0.5) is 8.78 Å². The Hall–Kier alpha value is -5.37. The van der Waals surface area contributed by atoms with Crippen molar-refractivity contribution < 1.29 is 49.4 Å². The van der Waals surface area contributed by atoms with E-state index >= 15 is 0 Å². The lowest BCUT2D eigenvalue weighted by atomic mass is 9.97. The van der Waals surface area contributed by atoms with E-state index in [4.69, 9.17) is 25.8 Å². The Kier molecular flexibility index (Phi) is 12.0. The molecular weight excluding hydrogens is 798 g/mol. The molecule has 0 saturated heterocycles. The third kappa shape index (κ3) is 9.11. The van der Waals surface area contributed by atoms with Crippen LogP contribution in [0.15, 0.2) is 101 Å². The van der Waals surface area contributed by atoms with Crippen LogP contribution in [0, 0.1) is 25.5 Å². The van der Waals surface area contributed by atoms with Crippen molar-refractivity contribution in [3.63, 3.8) is 0 Å². The van der Waals surface area contributed by atoms with Gasteiger partial charge in [-0.15, -0.1) is 0 Å². The van der Waals surface area contributed by atoms with Gasteiger partial charge in [0, 0.05) is 10.8 Å². The van der Waals surface area contributed by atoms with Crippen molar-refractivity contribution in [2.75, 3.05) is 11.5 Å². The second-order valence-electron chi connectivity index (χ2n) is 13.4. The van der Waals surface area contributed by atoms with E-state index in [1.54, 1.807) is 32.9 Å². The van der Waals surface area contributed by atoms with E-state index in [2.05, 4.69) is 0 Å². The molecule has 296 valence electrons. The third-order valence-corrected chi connectivity index (χ3v) is 13.4. The van der Waals surface area contributed by atoms with Gasteiger partial charge in [-0.2, -0.15) is 0 Å². The zero-order chi connectivity index (χ0) is 41.2. The number of ether oxygens (including phenoxy) is 3. The van der Waals surface area contributed by atoms with Crippen LogP contribution in [0.1, 0.15) is 42.5 Å². The molecule has 0 aliphatic heterocycles. The maximum Gasteiger partial charge on any atom is 0.317 e. The summed E-state index contributed by atoms with van der Waals surface area (Å²) in [6.07, 6.45) is -0.249. The lowest BCUT2D eigenvalue weighted by molar-refractivity contribution is -0.158. The number of hydrogen-bond donors (Lipinski definition) is 0. The van der Waals surface area contributed by atoms with Crippen LogP contribution < -0.4 is 9.47 Å². The minimum Gasteiger partial charge on any atom is -0.456 e. The fraction of sp³-hybridized carbons (Fsp3) is 0.209. The lowest BCUT2D eigenvalue weighted by Gasteiger charge is -2.17. The summed E-state index contributed by atoms with van der Waals surface area (Å²) in [5.41, 5.74) is 1.75. The average Bonchev–Trinajstić information content (AvgIpc) is 3.16. The molecule has 0 bridgehead atoms. The van der Waals surface area contributed by atoms with Crippen LogP contribution in [-0.2, 0) is 46.8 Å². The van der Waals surface area contributed by atoms with E-state index in [-0.39, 0.29) is 62.2 Å². The van der Waals surface area contributed by atoms with Crippen LogP contribution in [0.25, 0.3) is 21.5 Å². The number of carbonyl (C=O) groups excluding carboxylic acids is 2. The largest absolute Gasteiger partial charge is 0.456 e. The Morgan fingerprint density at radius 1 is 0.632 bits per heavy atom. The van der Waals surface area contributed by atoms with Gasteiger partial charge < -0.3 is 14.2 Å². The lowest BCUT2D eigenvalue weighted by Crippen LogP contribution is -2.17. The molecule has 0 N–H and O–H groups in total. The number of benzene rings is 6. The van der Waals surface area contributed by atoms with Crippen LogP contribution in [-0.4, -0.2) is 40.3 Å². The van der Waals surface area contributed by atoms with E-state index < -0.39 is 43.2 Å². The van der Waals surface area contributed by atoms with Crippen LogP contribution in [0.5, 0.6) is 23.0 Å². The average molecular weight is 835 g/mol. The Morgan fingerprint density at radius 3 is 1.63 bits per heavy atom. The number of carbonyl (C=O) groups is 2. The summed E-state index contributed by atoms with van der Waals surface area (Å²) in [7, 11) is -7.01. The van der Waals surface area contributed by atoms with Crippen molar-refractivity contribution >= 4 is 64.8 Å². The Labute approximate surface area is 334 Å². The normalized spacial score (nSPS) is 11.8. The molecule has 57 heavy (non-hydrogen) atoms. The molecule has 6 rings (SSSR count). The van der Waals surface area contributed by atoms with Gasteiger partial charge in [0.25, 0.3) is 0 Å². The molecule has 9 nitrogen and oxygen atoms in total. The molecule has 0 atom stereocenters. The predicted molar refractivity (Wildman–Crippen MR) is 214 cm³/mol. The number of rotatable bonds is 13. The summed E-state index contributed by atoms with van der Waals surface area (Å²) >= 11 is 6.44. The minimum atomic E-state index is -3.55. The maximum atomic E-state index is 14.5. The minimum absolute atomic E-state index is 0.00216. The Morgan fingerprint density at radius 2 is 1.14 bits per heavy atom. The van der Waals surface area contributed by atoms with Crippen molar-refractivity contribution in [2.24, 2.45) is 0 Å². The maximum absolute atomic E-state index is 14.5. The highest BCUT2D eigenvalue weighted by Gasteiger charge is 2.22. The highest BCUT2D eigenvalue weighted by atomic mass is 35.5. The fourth-order valence-corrected chi connectivity index (χ4v) is 8.90. The van der Waals surface area contributed by atoms with Crippen molar-refractivity contribution in [3.8, 4) is 23.0 Å². The first-order chi connectivity index (χ1) is 27.0. The first kappa shape index (κ1) is 41.3. The highest BCUT2D eigenvalue weighted by Crippen LogP contribution is 2.40. The number of esters is 2. The number of hydrogen-bond acceptors (Lipinski definition) is 9. The molecule has 0 fully saturated rings. The molecule has 6 aromatic rings. The van der Waals surface area contributed by atoms with Gasteiger partial charge in [-0.05, 0) is 120 Å². The molecule has 0 aromatic heterocycles. The van der Waals surface area contributed by atoms with Crippen molar-refractivity contribution in [1.82, 2.24) is 0 Å². The van der Waals surface area contributed by atoms with Gasteiger partial charge in [0.05, 0.1) is 39.2 Å². The summed E-state index contributed by atoms with van der Waals surface area (Å²) in [6, 6.07) is 21.3. The standard InChI is InChI=1S/C43H37ClF2O9S2/c1-5-17-57(51,52)34-13-11-33(12-14-34)53-42-25(3)29(18-27-7-9-31(45)22-36(27)42)20-40(47)55-41(48)21-30-19-28-8-10-32(46)23-37(28)43(26(30)4)54-39-16-15-35(24-38(39)44)56(49,50)6-2/h7-16,18-19,22-24H,5-6,17,20-21H2,1-4H3. The highest BCUT2D eigenvalue weighted by molar-refractivity contribution is 7.91. The Balaban J connectivity index is 1.25. The predicted octanol–water partition coefficient (Wildman–Crippen LogP) is 9.96.